The van der Waals surface area contributed by atoms with Crippen LogP contribution in [-0.2, 0) is 6.61 Å². The van der Waals surface area contributed by atoms with Crippen LogP contribution in [0.1, 0.15) is 20.4 Å². The zero-order chi connectivity index (χ0) is 14.1. The molecule has 0 aliphatic rings. The number of aromatic carboxylic acids is 1. The fourth-order valence-electron chi connectivity index (χ4n) is 1.87. The lowest BCUT2D eigenvalue weighted by Crippen LogP contribution is -2.00. The van der Waals surface area contributed by atoms with Crippen molar-refractivity contribution in [1.29, 1.82) is 0 Å². The third-order valence-electron chi connectivity index (χ3n) is 2.70. The van der Waals surface area contributed by atoms with Gasteiger partial charge in [0.2, 0.25) is 5.89 Å². The molecule has 0 spiro atoms. The smallest absolute Gasteiger partial charge is 0.349 e. The van der Waals surface area contributed by atoms with Gasteiger partial charge in [-0.15, -0.1) is 11.3 Å². The molecule has 3 aromatic rings. The quantitative estimate of drug-likeness (QED) is 0.796. The van der Waals surface area contributed by atoms with Gasteiger partial charge in [0, 0.05) is 4.88 Å². The van der Waals surface area contributed by atoms with Gasteiger partial charge in [-0.05, 0) is 25.1 Å². The molecule has 0 atom stereocenters. The van der Waals surface area contributed by atoms with Gasteiger partial charge in [0.15, 0.2) is 17.1 Å². The number of fused-ring (bicyclic) bond motifs is 1. The molecule has 20 heavy (non-hydrogen) atoms. The first-order chi connectivity index (χ1) is 9.63. The Bertz CT molecular complexity index is 741. The van der Waals surface area contributed by atoms with Crippen molar-refractivity contribution < 1.29 is 19.1 Å². The predicted molar refractivity (Wildman–Crippen MR) is 74.4 cm³/mol. The van der Waals surface area contributed by atoms with Crippen LogP contribution in [0.5, 0.6) is 5.75 Å². The van der Waals surface area contributed by atoms with Crippen molar-refractivity contribution in [1.82, 2.24) is 4.98 Å². The summed E-state index contributed by atoms with van der Waals surface area (Å²) in [5.74, 6) is -0.218. The van der Waals surface area contributed by atoms with Crippen molar-refractivity contribution in [3.8, 4) is 5.75 Å². The Hall–Kier alpha value is -2.34. The van der Waals surface area contributed by atoms with E-state index in [9.17, 15) is 4.79 Å². The normalized spacial score (nSPS) is 10.8. The summed E-state index contributed by atoms with van der Waals surface area (Å²) >= 11 is 1.19. The summed E-state index contributed by atoms with van der Waals surface area (Å²) in [5, 5.41) is 9.08. The zero-order valence-electron chi connectivity index (χ0n) is 10.6. The SMILES string of the molecule is Cc1cc(OCc2nc3ccccc3o2)c(C(=O)O)s1. The maximum Gasteiger partial charge on any atom is 0.349 e. The van der Waals surface area contributed by atoms with Gasteiger partial charge >= 0.3 is 5.97 Å². The van der Waals surface area contributed by atoms with E-state index in [0.29, 0.717) is 17.2 Å². The molecule has 0 aliphatic heterocycles. The second-order valence-electron chi connectivity index (χ2n) is 4.22. The number of oxazole rings is 1. The number of carbonyl (C=O) groups is 1. The largest absolute Gasteiger partial charge is 0.482 e. The summed E-state index contributed by atoms with van der Waals surface area (Å²) in [6, 6.07) is 9.11. The first kappa shape index (κ1) is 12.7. The zero-order valence-corrected chi connectivity index (χ0v) is 11.4. The summed E-state index contributed by atoms with van der Waals surface area (Å²) in [4.78, 5) is 16.4. The number of para-hydroxylation sites is 2. The van der Waals surface area contributed by atoms with E-state index in [-0.39, 0.29) is 11.5 Å². The highest BCUT2D eigenvalue weighted by Crippen LogP contribution is 2.29. The van der Waals surface area contributed by atoms with E-state index in [1.54, 1.807) is 6.07 Å². The summed E-state index contributed by atoms with van der Waals surface area (Å²) in [6.45, 7) is 1.94. The summed E-state index contributed by atoms with van der Waals surface area (Å²) < 4.78 is 11.0. The standard InChI is InChI=1S/C14H11NO4S/c1-8-6-11(13(20-8)14(16)17)18-7-12-15-9-4-2-3-5-10(9)19-12/h2-6H,7H2,1H3,(H,16,17). The first-order valence-corrected chi connectivity index (χ1v) is 6.76. The Balaban J connectivity index is 1.81. The lowest BCUT2D eigenvalue weighted by molar-refractivity contribution is 0.0697. The molecule has 0 radical (unpaired) electrons. The van der Waals surface area contributed by atoms with Crippen LogP contribution in [0.15, 0.2) is 34.7 Å². The van der Waals surface area contributed by atoms with E-state index < -0.39 is 5.97 Å². The monoisotopic (exact) mass is 289 g/mol. The van der Waals surface area contributed by atoms with Crippen LogP contribution in [0.2, 0.25) is 0 Å². The maximum atomic E-state index is 11.1. The van der Waals surface area contributed by atoms with Crippen molar-refractivity contribution in [2.24, 2.45) is 0 Å². The third kappa shape index (κ3) is 2.37. The van der Waals surface area contributed by atoms with Crippen molar-refractivity contribution in [2.75, 3.05) is 0 Å². The Morgan fingerprint density at radius 1 is 1.45 bits per heavy atom. The van der Waals surface area contributed by atoms with Crippen molar-refractivity contribution in [3.63, 3.8) is 0 Å². The maximum absolute atomic E-state index is 11.1. The Morgan fingerprint density at radius 3 is 3.00 bits per heavy atom. The number of benzene rings is 1. The molecule has 6 heteroatoms. The Labute approximate surface area is 118 Å². The van der Waals surface area contributed by atoms with E-state index in [2.05, 4.69) is 4.98 Å². The van der Waals surface area contributed by atoms with Gasteiger partial charge in [-0.2, -0.15) is 0 Å². The minimum absolute atomic E-state index is 0.102. The number of hydrogen-bond acceptors (Lipinski definition) is 5. The molecular formula is C14H11NO4S. The van der Waals surface area contributed by atoms with E-state index in [4.69, 9.17) is 14.3 Å². The molecule has 2 aromatic heterocycles. The second kappa shape index (κ2) is 4.97. The van der Waals surface area contributed by atoms with Gasteiger partial charge in [-0.25, -0.2) is 9.78 Å². The third-order valence-corrected chi connectivity index (χ3v) is 3.72. The summed E-state index contributed by atoms with van der Waals surface area (Å²) in [7, 11) is 0. The number of aromatic nitrogens is 1. The van der Waals surface area contributed by atoms with Crippen LogP contribution in [-0.4, -0.2) is 16.1 Å². The molecule has 102 valence electrons. The van der Waals surface area contributed by atoms with Crippen LogP contribution in [0, 0.1) is 6.92 Å². The lowest BCUT2D eigenvalue weighted by atomic mass is 10.3. The number of thiophene rings is 1. The first-order valence-electron chi connectivity index (χ1n) is 5.94. The highest BCUT2D eigenvalue weighted by atomic mass is 32.1. The van der Waals surface area contributed by atoms with Crippen LogP contribution in [0.25, 0.3) is 11.1 Å². The van der Waals surface area contributed by atoms with Crippen molar-refractivity contribution in [3.05, 3.63) is 46.0 Å². The van der Waals surface area contributed by atoms with Gasteiger partial charge in [0.1, 0.15) is 11.3 Å². The van der Waals surface area contributed by atoms with Crippen LogP contribution < -0.4 is 4.74 Å². The summed E-state index contributed by atoms with van der Waals surface area (Å²) in [6.07, 6.45) is 0. The molecule has 0 fully saturated rings. The fraction of sp³-hybridized carbons (Fsp3) is 0.143. The van der Waals surface area contributed by atoms with Crippen LogP contribution >= 0.6 is 11.3 Å². The lowest BCUT2D eigenvalue weighted by Gasteiger charge is -2.01. The molecule has 1 N–H and O–H groups in total. The number of aryl methyl sites for hydroxylation is 1. The van der Waals surface area contributed by atoms with Gasteiger partial charge in [0.05, 0.1) is 0 Å². The van der Waals surface area contributed by atoms with E-state index in [0.717, 1.165) is 10.4 Å². The number of carboxylic acids is 1. The number of rotatable bonds is 4. The highest BCUT2D eigenvalue weighted by molar-refractivity contribution is 7.14. The topological polar surface area (TPSA) is 72.6 Å². The van der Waals surface area contributed by atoms with Gasteiger partial charge in [0.25, 0.3) is 0 Å². The molecule has 0 saturated carbocycles. The van der Waals surface area contributed by atoms with Crippen LogP contribution in [0.3, 0.4) is 0 Å². The predicted octanol–water partition coefficient (Wildman–Crippen LogP) is 3.47. The van der Waals surface area contributed by atoms with E-state index in [1.807, 2.05) is 31.2 Å². The van der Waals surface area contributed by atoms with Gasteiger partial charge in [-0.1, -0.05) is 12.1 Å². The van der Waals surface area contributed by atoms with Gasteiger partial charge < -0.3 is 14.3 Å². The molecule has 3 rings (SSSR count). The molecule has 1 aromatic carbocycles. The molecule has 0 aliphatic carbocycles. The van der Waals surface area contributed by atoms with E-state index >= 15 is 0 Å². The second-order valence-corrected chi connectivity index (χ2v) is 5.48. The average molecular weight is 289 g/mol. The molecule has 0 unspecified atom stereocenters. The highest BCUT2D eigenvalue weighted by Gasteiger charge is 2.16. The van der Waals surface area contributed by atoms with Crippen LogP contribution in [0.4, 0.5) is 0 Å². The number of nitrogens with zero attached hydrogens (tertiary/aromatic N) is 1. The van der Waals surface area contributed by atoms with E-state index in [1.165, 1.54) is 11.3 Å². The fourth-order valence-corrected chi connectivity index (χ4v) is 2.66. The Kier molecular flexibility index (Phi) is 3.15. The molecule has 0 bridgehead atoms. The molecule has 0 amide bonds. The Morgan fingerprint density at radius 2 is 2.25 bits per heavy atom. The number of carboxylic acid groups (broad SMARTS) is 1. The number of hydrogen-bond donors (Lipinski definition) is 1. The molecule has 0 saturated heterocycles. The minimum atomic E-state index is -0.990. The van der Waals surface area contributed by atoms with Gasteiger partial charge in [-0.3, -0.25) is 0 Å². The summed E-state index contributed by atoms with van der Waals surface area (Å²) in [5.41, 5.74) is 1.44. The molecule has 5 nitrogen and oxygen atoms in total. The van der Waals surface area contributed by atoms with Crippen molar-refractivity contribution >= 4 is 28.4 Å². The molecule has 2 heterocycles. The number of ether oxygens (including phenoxy) is 1. The average Bonchev–Trinajstić information content (AvgIpc) is 2.99. The van der Waals surface area contributed by atoms with Crippen molar-refractivity contribution in [2.45, 2.75) is 13.5 Å². The minimum Gasteiger partial charge on any atom is -0.482 e. The molecular weight excluding hydrogens is 278 g/mol.